The number of piperazine rings is 2. The molecule has 2 fully saturated rings. The Morgan fingerprint density at radius 2 is 2.00 bits per heavy atom. The SMILES string of the molecule is CN=C(NCC1CN(C)CCN1C)N1CCN(S(=O)(=O)Cc2ccon2)CC1. The molecule has 28 heavy (non-hydrogen) atoms. The molecule has 10 nitrogen and oxygen atoms in total. The topological polar surface area (TPSA) is 97.5 Å². The van der Waals surface area contributed by atoms with Crippen LogP contribution in [0, 0.1) is 0 Å². The van der Waals surface area contributed by atoms with Crippen LogP contribution in [-0.4, -0.2) is 118 Å². The highest BCUT2D eigenvalue weighted by Crippen LogP contribution is 2.13. The third kappa shape index (κ3) is 5.22. The first-order chi connectivity index (χ1) is 13.4. The Bertz CT molecular complexity index is 745. The average Bonchev–Trinajstić information content (AvgIpc) is 3.17. The number of rotatable bonds is 5. The number of aromatic nitrogens is 1. The molecule has 2 saturated heterocycles. The summed E-state index contributed by atoms with van der Waals surface area (Å²) in [7, 11) is 2.68. The monoisotopic (exact) mass is 413 g/mol. The van der Waals surface area contributed by atoms with Crippen LogP contribution in [0.3, 0.4) is 0 Å². The summed E-state index contributed by atoms with van der Waals surface area (Å²) in [6, 6.07) is 2.01. The predicted molar refractivity (Wildman–Crippen MR) is 108 cm³/mol. The summed E-state index contributed by atoms with van der Waals surface area (Å²) < 4.78 is 31.4. The Morgan fingerprint density at radius 3 is 2.64 bits per heavy atom. The molecule has 0 radical (unpaired) electrons. The summed E-state index contributed by atoms with van der Waals surface area (Å²) in [6.07, 6.45) is 1.39. The second-order valence-corrected chi connectivity index (χ2v) is 9.43. The van der Waals surface area contributed by atoms with Crippen molar-refractivity contribution in [3.05, 3.63) is 18.0 Å². The van der Waals surface area contributed by atoms with Crippen molar-refractivity contribution >= 4 is 16.0 Å². The fourth-order valence-electron chi connectivity index (χ4n) is 3.63. The summed E-state index contributed by atoms with van der Waals surface area (Å²) >= 11 is 0. The fraction of sp³-hybridized carbons (Fsp3) is 0.765. The summed E-state index contributed by atoms with van der Waals surface area (Å²) in [5.74, 6) is 0.702. The highest BCUT2D eigenvalue weighted by atomic mass is 32.2. The molecule has 158 valence electrons. The van der Waals surface area contributed by atoms with Crippen LogP contribution in [0.5, 0.6) is 0 Å². The van der Waals surface area contributed by atoms with E-state index in [4.69, 9.17) is 4.52 Å². The third-order valence-corrected chi connectivity index (χ3v) is 7.25. The van der Waals surface area contributed by atoms with E-state index in [0.29, 0.717) is 37.9 Å². The number of nitrogens with zero attached hydrogens (tertiary/aromatic N) is 6. The molecule has 3 heterocycles. The lowest BCUT2D eigenvalue weighted by atomic mass is 10.2. The van der Waals surface area contributed by atoms with Crippen LogP contribution in [0.15, 0.2) is 21.8 Å². The van der Waals surface area contributed by atoms with E-state index in [1.54, 1.807) is 13.1 Å². The quantitative estimate of drug-likeness (QED) is 0.482. The van der Waals surface area contributed by atoms with Crippen molar-refractivity contribution in [3.63, 3.8) is 0 Å². The molecule has 1 aromatic rings. The van der Waals surface area contributed by atoms with Crippen molar-refractivity contribution in [2.75, 3.05) is 73.5 Å². The van der Waals surface area contributed by atoms with Gasteiger partial charge in [-0.05, 0) is 14.1 Å². The second-order valence-electron chi connectivity index (χ2n) is 7.46. The number of hydrogen-bond acceptors (Lipinski definition) is 7. The molecular weight excluding hydrogens is 382 g/mol. The zero-order valence-corrected chi connectivity index (χ0v) is 17.7. The van der Waals surface area contributed by atoms with Crippen LogP contribution in [0.1, 0.15) is 5.69 Å². The van der Waals surface area contributed by atoms with Crippen LogP contribution < -0.4 is 5.32 Å². The number of guanidine groups is 1. The third-order valence-electron chi connectivity index (χ3n) is 5.44. The fourth-order valence-corrected chi connectivity index (χ4v) is 5.06. The van der Waals surface area contributed by atoms with Crippen LogP contribution in [0.25, 0.3) is 0 Å². The van der Waals surface area contributed by atoms with Crippen LogP contribution in [0.4, 0.5) is 0 Å². The number of nitrogens with one attached hydrogen (secondary N) is 1. The van der Waals surface area contributed by atoms with E-state index in [1.807, 2.05) is 0 Å². The van der Waals surface area contributed by atoms with E-state index < -0.39 is 10.0 Å². The summed E-state index contributed by atoms with van der Waals surface area (Å²) in [6.45, 7) is 6.08. The standard InChI is InChI=1S/C17H31N7O3S/c1-18-17(19-12-16-13-21(2)5-6-22(16)3)23-7-9-24(10-8-23)28(25,26)14-15-4-11-27-20-15/h4,11,16H,5-10,12-14H2,1-3H3,(H,18,19). The van der Waals surface area contributed by atoms with Crippen LogP contribution in [0.2, 0.25) is 0 Å². The first-order valence-electron chi connectivity index (χ1n) is 9.60. The molecule has 0 aromatic carbocycles. The second kappa shape index (κ2) is 9.21. The van der Waals surface area contributed by atoms with Gasteiger partial charge >= 0.3 is 0 Å². The summed E-state index contributed by atoms with van der Waals surface area (Å²) in [5, 5.41) is 7.17. The number of likely N-dealkylation sites (N-methyl/N-ethyl adjacent to an activating group) is 2. The molecule has 1 atom stereocenters. The molecule has 0 spiro atoms. The molecule has 0 bridgehead atoms. The van der Waals surface area contributed by atoms with Gasteiger partial charge in [-0.3, -0.25) is 9.89 Å². The molecule has 3 rings (SSSR count). The van der Waals surface area contributed by atoms with Gasteiger partial charge in [0.15, 0.2) is 5.96 Å². The molecule has 11 heteroatoms. The zero-order chi connectivity index (χ0) is 20.1. The lowest BCUT2D eigenvalue weighted by Crippen LogP contribution is -2.58. The zero-order valence-electron chi connectivity index (χ0n) is 16.9. The van der Waals surface area contributed by atoms with Crippen molar-refractivity contribution in [3.8, 4) is 0 Å². The Labute approximate surface area is 167 Å². The maximum atomic E-state index is 12.6. The van der Waals surface area contributed by atoms with Crippen LogP contribution in [-0.2, 0) is 15.8 Å². The molecular formula is C17H31N7O3S. The van der Waals surface area contributed by atoms with E-state index in [-0.39, 0.29) is 5.75 Å². The van der Waals surface area contributed by atoms with Crippen LogP contribution >= 0.6 is 0 Å². The van der Waals surface area contributed by atoms with E-state index in [2.05, 4.69) is 44.3 Å². The maximum absolute atomic E-state index is 12.6. The van der Waals surface area contributed by atoms with E-state index in [1.165, 1.54) is 10.6 Å². The minimum Gasteiger partial charge on any atom is -0.364 e. The van der Waals surface area contributed by atoms with Gasteiger partial charge in [-0.15, -0.1) is 0 Å². The van der Waals surface area contributed by atoms with Crippen molar-refractivity contribution in [2.45, 2.75) is 11.8 Å². The lowest BCUT2D eigenvalue weighted by Gasteiger charge is -2.39. The normalized spacial score (nSPS) is 23.9. The molecule has 0 saturated carbocycles. The molecule has 1 unspecified atom stereocenters. The Balaban J connectivity index is 1.50. The maximum Gasteiger partial charge on any atom is 0.220 e. The molecule has 1 aromatic heterocycles. The molecule has 2 aliphatic heterocycles. The Morgan fingerprint density at radius 1 is 1.25 bits per heavy atom. The molecule has 0 amide bonds. The highest BCUT2D eigenvalue weighted by molar-refractivity contribution is 7.88. The van der Waals surface area contributed by atoms with Gasteiger partial charge in [-0.1, -0.05) is 5.16 Å². The van der Waals surface area contributed by atoms with Gasteiger partial charge in [0.05, 0.1) is 5.69 Å². The minimum absolute atomic E-state index is 0.127. The number of sulfonamides is 1. The Kier molecular flexibility index (Phi) is 6.91. The predicted octanol–water partition coefficient (Wildman–Crippen LogP) is -1.06. The molecule has 2 aliphatic rings. The van der Waals surface area contributed by atoms with Gasteiger partial charge in [0, 0.05) is 71.5 Å². The lowest BCUT2D eigenvalue weighted by molar-refractivity contribution is 0.115. The van der Waals surface area contributed by atoms with Crippen molar-refractivity contribution < 1.29 is 12.9 Å². The summed E-state index contributed by atoms with van der Waals surface area (Å²) in [5.41, 5.74) is 0.432. The Hall–Kier alpha value is -1.69. The largest absolute Gasteiger partial charge is 0.364 e. The van der Waals surface area contributed by atoms with Gasteiger partial charge in [-0.25, -0.2) is 8.42 Å². The molecule has 0 aliphatic carbocycles. The van der Waals surface area contributed by atoms with Crippen molar-refractivity contribution in [1.29, 1.82) is 0 Å². The van der Waals surface area contributed by atoms with Gasteiger partial charge in [0.25, 0.3) is 0 Å². The average molecular weight is 414 g/mol. The highest BCUT2D eigenvalue weighted by Gasteiger charge is 2.29. The first kappa shape index (κ1) is 21.0. The van der Waals surface area contributed by atoms with Gasteiger partial charge in [-0.2, -0.15) is 4.31 Å². The van der Waals surface area contributed by atoms with Gasteiger partial charge < -0.3 is 19.6 Å². The van der Waals surface area contributed by atoms with E-state index >= 15 is 0 Å². The minimum atomic E-state index is -3.39. The number of aliphatic imine (C=N–C) groups is 1. The number of hydrogen-bond donors (Lipinski definition) is 1. The van der Waals surface area contributed by atoms with Crippen molar-refractivity contribution in [1.82, 2.24) is 29.5 Å². The van der Waals surface area contributed by atoms with E-state index in [0.717, 1.165) is 32.1 Å². The summed E-state index contributed by atoms with van der Waals surface area (Å²) in [4.78, 5) is 11.2. The van der Waals surface area contributed by atoms with Gasteiger partial charge in [0.1, 0.15) is 12.0 Å². The smallest absolute Gasteiger partial charge is 0.220 e. The molecule has 1 N–H and O–H groups in total. The first-order valence-corrected chi connectivity index (χ1v) is 11.2. The van der Waals surface area contributed by atoms with E-state index in [9.17, 15) is 8.42 Å². The van der Waals surface area contributed by atoms with Crippen molar-refractivity contribution in [2.24, 2.45) is 4.99 Å². The van der Waals surface area contributed by atoms with Gasteiger partial charge in [0.2, 0.25) is 10.0 Å².